The first-order valence-electron chi connectivity index (χ1n) is 8.24. The fourth-order valence-corrected chi connectivity index (χ4v) is 2.53. The lowest BCUT2D eigenvalue weighted by molar-refractivity contribution is 0.101. The third-order valence-electron chi connectivity index (χ3n) is 4.03. The van der Waals surface area contributed by atoms with E-state index >= 15 is 0 Å². The smallest absolute Gasteiger partial charge is 0.277 e. The van der Waals surface area contributed by atoms with E-state index < -0.39 is 0 Å². The van der Waals surface area contributed by atoms with Gasteiger partial charge in [0.15, 0.2) is 23.0 Å². The quantitative estimate of drug-likeness (QED) is 0.721. The van der Waals surface area contributed by atoms with E-state index in [0.29, 0.717) is 22.9 Å². The molecule has 0 spiro atoms. The summed E-state index contributed by atoms with van der Waals surface area (Å²) in [6.45, 7) is 2.08. The molecule has 0 saturated carbocycles. The molecule has 26 heavy (non-hydrogen) atoms. The highest BCUT2D eigenvalue weighted by Gasteiger charge is 2.15. The van der Waals surface area contributed by atoms with E-state index in [1.807, 2.05) is 30.3 Å². The van der Waals surface area contributed by atoms with Gasteiger partial charge in [-0.15, -0.1) is 0 Å². The molecule has 0 saturated heterocycles. The number of nitrogens with one attached hydrogen (secondary N) is 1. The summed E-state index contributed by atoms with van der Waals surface area (Å²) in [6.07, 6.45) is 0.951. The molecule has 3 aromatic rings. The molecule has 1 heterocycles. The van der Waals surface area contributed by atoms with E-state index in [-0.39, 0.29) is 11.6 Å². The number of amides is 1. The van der Waals surface area contributed by atoms with Gasteiger partial charge in [-0.2, -0.15) is 0 Å². The van der Waals surface area contributed by atoms with Gasteiger partial charge in [-0.25, -0.2) is 0 Å². The maximum Gasteiger partial charge on any atom is 0.277 e. The SMILES string of the molecule is CCc1ccc(NC(=O)c2cc(-c3ccc(OC)c(OC)c3)on2)cc1. The highest BCUT2D eigenvalue weighted by Crippen LogP contribution is 2.32. The lowest BCUT2D eigenvalue weighted by Crippen LogP contribution is -2.12. The molecule has 0 atom stereocenters. The summed E-state index contributed by atoms with van der Waals surface area (Å²) in [5.74, 6) is 1.33. The van der Waals surface area contributed by atoms with Gasteiger partial charge < -0.3 is 19.3 Å². The topological polar surface area (TPSA) is 73.6 Å². The van der Waals surface area contributed by atoms with Crippen LogP contribution in [-0.2, 0) is 6.42 Å². The van der Waals surface area contributed by atoms with E-state index in [4.69, 9.17) is 14.0 Å². The summed E-state index contributed by atoms with van der Waals surface area (Å²) in [5, 5.41) is 6.67. The Labute approximate surface area is 151 Å². The van der Waals surface area contributed by atoms with Crippen LogP contribution in [0.4, 0.5) is 5.69 Å². The number of methoxy groups -OCH3 is 2. The molecule has 3 rings (SSSR count). The maximum atomic E-state index is 12.4. The molecule has 0 aliphatic heterocycles. The highest BCUT2D eigenvalue weighted by molar-refractivity contribution is 6.03. The molecule has 0 fully saturated rings. The van der Waals surface area contributed by atoms with Crippen molar-refractivity contribution in [1.29, 1.82) is 0 Å². The minimum absolute atomic E-state index is 0.203. The van der Waals surface area contributed by atoms with Crippen molar-refractivity contribution in [3.63, 3.8) is 0 Å². The van der Waals surface area contributed by atoms with Crippen LogP contribution in [0.15, 0.2) is 53.1 Å². The Hall–Kier alpha value is -3.28. The van der Waals surface area contributed by atoms with Gasteiger partial charge in [0.1, 0.15) is 0 Å². The Morgan fingerprint density at radius 3 is 2.42 bits per heavy atom. The van der Waals surface area contributed by atoms with E-state index in [1.54, 1.807) is 32.4 Å². The standard InChI is InChI=1S/C20H20N2O4/c1-4-13-5-8-15(9-6-13)21-20(23)16-12-18(26-22-16)14-7-10-17(24-2)19(11-14)25-3/h5-12H,4H2,1-3H3,(H,21,23). The molecule has 0 aliphatic carbocycles. The summed E-state index contributed by atoms with van der Waals surface area (Å²) in [7, 11) is 3.13. The molecule has 1 amide bonds. The van der Waals surface area contributed by atoms with Crippen molar-refractivity contribution >= 4 is 11.6 Å². The molecule has 1 N–H and O–H groups in total. The molecule has 134 valence electrons. The van der Waals surface area contributed by atoms with Gasteiger partial charge in [0.05, 0.1) is 14.2 Å². The fraction of sp³-hybridized carbons (Fsp3) is 0.200. The zero-order valence-electron chi connectivity index (χ0n) is 14.9. The molecule has 0 bridgehead atoms. The fourth-order valence-electron chi connectivity index (χ4n) is 2.53. The Balaban J connectivity index is 1.77. The molecule has 0 radical (unpaired) electrons. The molecule has 1 aromatic heterocycles. The lowest BCUT2D eigenvalue weighted by Gasteiger charge is -2.07. The third kappa shape index (κ3) is 3.69. The van der Waals surface area contributed by atoms with E-state index in [9.17, 15) is 4.79 Å². The van der Waals surface area contributed by atoms with Gasteiger partial charge in [0.2, 0.25) is 0 Å². The second-order valence-electron chi connectivity index (χ2n) is 5.65. The summed E-state index contributed by atoms with van der Waals surface area (Å²) >= 11 is 0. The normalized spacial score (nSPS) is 10.4. The number of benzene rings is 2. The van der Waals surface area contributed by atoms with Crippen LogP contribution in [0.25, 0.3) is 11.3 Å². The molecule has 6 heteroatoms. The van der Waals surface area contributed by atoms with Crippen LogP contribution in [0, 0.1) is 0 Å². The predicted octanol–water partition coefficient (Wildman–Crippen LogP) is 4.17. The number of hydrogen-bond acceptors (Lipinski definition) is 5. The minimum atomic E-state index is -0.329. The van der Waals surface area contributed by atoms with Gasteiger partial charge in [-0.05, 0) is 42.3 Å². The Morgan fingerprint density at radius 2 is 1.77 bits per heavy atom. The van der Waals surface area contributed by atoms with Crippen LogP contribution >= 0.6 is 0 Å². The van der Waals surface area contributed by atoms with Crippen LogP contribution in [0.1, 0.15) is 23.0 Å². The van der Waals surface area contributed by atoms with Gasteiger partial charge in [-0.1, -0.05) is 24.2 Å². The third-order valence-corrected chi connectivity index (χ3v) is 4.03. The first-order chi connectivity index (χ1) is 12.6. The number of nitrogens with zero attached hydrogens (tertiary/aromatic N) is 1. The Bertz CT molecular complexity index is 900. The number of anilines is 1. The van der Waals surface area contributed by atoms with Crippen LogP contribution in [0.5, 0.6) is 11.5 Å². The van der Waals surface area contributed by atoms with Crippen molar-refractivity contribution in [1.82, 2.24) is 5.16 Å². The largest absolute Gasteiger partial charge is 0.493 e. The first-order valence-corrected chi connectivity index (χ1v) is 8.24. The van der Waals surface area contributed by atoms with Gasteiger partial charge >= 0.3 is 0 Å². The van der Waals surface area contributed by atoms with E-state index in [1.165, 1.54) is 5.56 Å². The molecule has 2 aromatic carbocycles. The zero-order valence-corrected chi connectivity index (χ0v) is 14.9. The van der Waals surface area contributed by atoms with Gasteiger partial charge in [-0.3, -0.25) is 4.79 Å². The summed E-state index contributed by atoms with van der Waals surface area (Å²) in [6, 6.07) is 14.6. The number of aryl methyl sites for hydroxylation is 1. The molecular formula is C20H20N2O4. The van der Waals surface area contributed by atoms with Crippen molar-refractivity contribution < 1.29 is 18.8 Å². The van der Waals surface area contributed by atoms with Gasteiger partial charge in [0, 0.05) is 17.3 Å². The second-order valence-corrected chi connectivity index (χ2v) is 5.65. The van der Waals surface area contributed by atoms with E-state index in [0.717, 1.165) is 12.0 Å². The zero-order chi connectivity index (χ0) is 18.5. The van der Waals surface area contributed by atoms with Crippen LogP contribution < -0.4 is 14.8 Å². The monoisotopic (exact) mass is 352 g/mol. The number of rotatable bonds is 6. The average Bonchev–Trinajstić information content (AvgIpc) is 3.18. The molecule has 0 aliphatic rings. The van der Waals surface area contributed by atoms with Crippen molar-refractivity contribution in [2.45, 2.75) is 13.3 Å². The van der Waals surface area contributed by atoms with Gasteiger partial charge in [0.25, 0.3) is 5.91 Å². The number of aromatic nitrogens is 1. The minimum Gasteiger partial charge on any atom is -0.493 e. The summed E-state index contributed by atoms with van der Waals surface area (Å²) < 4.78 is 15.8. The lowest BCUT2D eigenvalue weighted by atomic mass is 10.1. The maximum absolute atomic E-state index is 12.4. The van der Waals surface area contributed by atoms with Crippen LogP contribution in [0.2, 0.25) is 0 Å². The number of ether oxygens (including phenoxy) is 2. The second kappa shape index (κ2) is 7.74. The van der Waals surface area contributed by atoms with Crippen LogP contribution in [-0.4, -0.2) is 25.3 Å². The predicted molar refractivity (Wildman–Crippen MR) is 98.8 cm³/mol. The van der Waals surface area contributed by atoms with Crippen molar-refractivity contribution in [2.24, 2.45) is 0 Å². The van der Waals surface area contributed by atoms with E-state index in [2.05, 4.69) is 17.4 Å². The van der Waals surface area contributed by atoms with Crippen molar-refractivity contribution in [2.75, 3.05) is 19.5 Å². The number of carbonyl (C=O) groups excluding carboxylic acids is 1. The van der Waals surface area contributed by atoms with Crippen molar-refractivity contribution in [3.8, 4) is 22.8 Å². The van der Waals surface area contributed by atoms with Crippen LogP contribution in [0.3, 0.4) is 0 Å². The summed E-state index contributed by atoms with van der Waals surface area (Å²) in [4.78, 5) is 12.4. The number of carbonyl (C=O) groups is 1. The van der Waals surface area contributed by atoms with Crippen molar-refractivity contribution in [3.05, 3.63) is 59.8 Å². The molecule has 6 nitrogen and oxygen atoms in total. The average molecular weight is 352 g/mol. The Morgan fingerprint density at radius 1 is 1.04 bits per heavy atom. The highest BCUT2D eigenvalue weighted by atomic mass is 16.5. The summed E-state index contributed by atoms with van der Waals surface area (Å²) in [5.41, 5.74) is 2.86. The molecular weight excluding hydrogens is 332 g/mol. The first kappa shape index (κ1) is 17.5. The Kier molecular flexibility index (Phi) is 5.22. The molecule has 0 unspecified atom stereocenters. The number of hydrogen-bond donors (Lipinski definition) is 1.